The number of nitrogens with zero attached hydrogens (tertiary/aromatic N) is 3. The standard InChI is InChI=1S/C24H30F5N3O5S/c1-5-14(2)21(30-23(36-3)24(27,28)29)31-9-6-15(7-10-31)32-11-8-18(22(32)33)37-19-12-17(26)20(13-16(19)25)38(4,34)35/h12-13,15,18H,5-11H2,1-4H3. The fourth-order valence-corrected chi connectivity index (χ4v) is 5.22. The molecule has 2 saturated heterocycles. The van der Waals surface area contributed by atoms with Crippen LogP contribution in [0.3, 0.4) is 0 Å². The van der Waals surface area contributed by atoms with Crippen LogP contribution < -0.4 is 4.74 Å². The lowest BCUT2D eigenvalue weighted by atomic mass is 10.0. The Morgan fingerprint density at radius 3 is 2.26 bits per heavy atom. The number of amides is 1. The molecule has 0 saturated carbocycles. The van der Waals surface area contributed by atoms with Crippen molar-refractivity contribution in [3.63, 3.8) is 0 Å². The lowest BCUT2D eigenvalue weighted by Crippen LogP contribution is -2.46. The van der Waals surface area contributed by atoms with Crippen LogP contribution in [0.25, 0.3) is 0 Å². The van der Waals surface area contributed by atoms with Gasteiger partial charge in [-0.05, 0) is 37.8 Å². The molecule has 14 heteroatoms. The normalized spacial score (nSPS) is 20.6. The van der Waals surface area contributed by atoms with E-state index in [4.69, 9.17) is 4.74 Å². The molecule has 2 heterocycles. The average molecular weight is 568 g/mol. The van der Waals surface area contributed by atoms with Crippen LogP contribution in [0, 0.1) is 11.6 Å². The van der Waals surface area contributed by atoms with Gasteiger partial charge in [0.15, 0.2) is 27.5 Å². The quantitative estimate of drug-likeness (QED) is 0.281. The van der Waals surface area contributed by atoms with Gasteiger partial charge in [0.1, 0.15) is 16.5 Å². The van der Waals surface area contributed by atoms with Crippen LogP contribution in [-0.4, -0.2) is 81.3 Å². The summed E-state index contributed by atoms with van der Waals surface area (Å²) in [6.45, 7) is 4.50. The van der Waals surface area contributed by atoms with Gasteiger partial charge >= 0.3 is 6.18 Å². The summed E-state index contributed by atoms with van der Waals surface area (Å²) in [6, 6.07) is 0.907. The number of benzene rings is 1. The summed E-state index contributed by atoms with van der Waals surface area (Å²) in [5.74, 6) is -4.44. The fraction of sp³-hybridized carbons (Fsp3) is 0.583. The molecule has 2 aliphatic heterocycles. The molecule has 3 rings (SSSR count). The van der Waals surface area contributed by atoms with Gasteiger partial charge in [0.2, 0.25) is 0 Å². The van der Waals surface area contributed by atoms with Crippen LogP contribution in [0.5, 0.6) is 5.75 Å². The zero-order valence-electron chi connectivity index (χ0n) is 21.4. The number of halogens is 5. The van der Waals surface area contributed by atoms with Crippen molar-refractivity contribution >= 4 is 21.6 Å². The summed E-state index contributed by atoms with van der Waals surface area (Å²) in [7, 11) is -3.08. The molecule has 2 aliphatic rings. The molecule has 1 atom stereocenters. The second-order valence-electron chi connectivity index (χ2n) is 9.21. The zero-order valence-corrected chi connectivity index (χ0v) is 22.3. The second kappa shape index (κ2) is 11.5. The Kier molecular flexibility index (Phi) is 8.94. The number of aliphatic imine (C=N–C) groups is 1. The topological polar surface area (TPSA) is 88.5 Å². The number of sulfone groups is 1. The maximum atomic E-state index is 14.4. The number of hydrogen-bond acceptors (Lipinski definition) is 7. The van der Waals surface area contributed by atoms with Crippen LogP contribution in [-0.2, 0) is 19.4 Å². The summed E-state index contributed by atoms with van der Waals surface area (Å²) in [5.41, 5.74) is 0.657. The predicted molar refractivity (Wildman–Crippen MR) is 128 cm³/mol. The lowest BCUT2D eigenvalue weighted by molar-refractivity contribution is -0.136. The van der Waals surface area contributed by atoms with Crippen molar-refractivity contribution in [2.75, 3.05) is 33.0 Å². The molecule has 1 aromatic carbocycles. The van der Waals surface area contributed by atoms with E-state index in [9.17, 15) is 35.2 Å². The van der Waals surface area contributed by atoms with Gasteiger partial charge in [-0.15, -0.1) is 0 Å². The Morgan fingerprint density at radius 1 is 1.11 bits per heavy atom. The molecule has 0 N–H and O–H groups in total. The molecule has 38 heavy (non-hydrogen) atoms. The van der Waals surface area contributed by atoms with Crippen LogP contribution in [0.1, 0.15) is 39.5 Å². The van der Waals surface area contributed by atoms with E-state index in [2.05, 4.69) is 9.73 Å². The molecular weight excluding hydrogens is 537 g/mol. The molecule has 1 amide bonds. The number of likely N-dealkylation sites (tertiary alicyclic amines) is 2. The number of methoxy groups -OCH3 is 1. The minimum Gasteiger partial charge on any atom is -0.478 e. The minimum absolute atomic E-state index is 0.184. The Balaban J connectivity index is 1.69. The maximum absolute atomic E-state index is 14.4. The van der Waals surface area contributed by atoms with E-state index in [1.54, 1.807) is 16.7 Å². The largest absolute Gasteiger partial charge is 0.478 e. The van der Waals surface area contributed by atoms with Gasteiger partial charge in [-0.1, -0.05) is 6.92 Å². The van der Waals surface area contributed by atoms with Gasteiger partial charge in [-0.2, -0.15) is 18.2 Å². The minimum atomic E-state index is -4.74. The van der Waals surface area contributed by atoms with Crippen molar-refractivity contribution in [2.45, 2.75) is 62.7 Å². The van der Waals surface area contributed by atoms with E-state index < -0.39 is 56.2 Å². The average Bonchev–Trinajstić information content (AvgIpc) is 3.20. The maximum Gasteiger partial charge on any atom is 0.468 e. The number of alkyl halides is 3. The molecule has 2 fully saturated rings. The number of rotatable bonds is 7. The summed E-state index contributed by atoms with van der Waals surface area (Å²) in [6.07, 6.45) is -3.47. The van der Waals surface area contributed by atoms with Crippen LogP contribution in [0.15, 0.2) is 33.4 Å². The highest BCUT2D eigenvalue weighted by Crippen LogP contribution is 2.31. The monoisotopic (exact) mass is 567 g/mol. The van der Waals surface area contributed by atoms with Crippen molar-refractivity contribution in [3.05, 3.63) is 35.2 Å². The van der Waals surface area contributed by atoms with Crippen molar-refractivity contribution < 1.29 is 44.6 Å². The van der Waals surface area contributed by atoms with Gasteiger partial charge in [0.05, 0.1) is 7.11 Å². The van der Waals surface area contributed by atoms with E-state index in [1.807, 2.05) is 6.92 Å². The molecule has 0 aliphatic carbocycles. The first-order valence-electron chi connectivity index (χ1n) is 12.0. The third-order valence-electron chi connectivity index (χ3n) is 6.61. The highest BCUT2D eigenvalue weighted by Gasteiger charge is 2.41. The molecule has 0 radical (unpaired) electrons. The van der Waals surface area contributed by atoms with E-state index in [-0.39, 0.29) is 18.3 Å². The zero-order chi connectivity index (χ0) is 28.4. The van der Waals surface area contributed by atoms with E-state index >= 15 is 0 Å². The van der Waals surface area contributed by atoms with Gasteiger partial charge in [0.25, 0.3) is 11.8 Å². The van der Waals surface area contributed by atoms with Crippen LogP contribution in [0.2, 0.25) is 0 Å². The van der Waals surface area contributed by atoms with E-state index in [0.717, 1.165) is 13.4 Å². The molecule has 0 spiro atoms. The number of allylic oxidation sites excluding steroid dienone is 1. The smallest absolute Gasteiger partial charge is 0.468 e. The second-order valence-corrected chi connectivity index (χ2v) is 11.2. The van der Waals surface area contributed by atoms with E-state index in [1.165, 1.54) is 0 Å². The van der Waals surface area contributed by atoms with Gasteiger partial charge < -0.3 is 19.3 Å². The highest BCUT2D eigenvalue weighted by atomic mass is 32.2. The molecular formula is C24H30F5N3O5S. The van der Waals surface area contributed by atoms with Crippen LogP contribution in [0.4, 0.5) is 22.0 Å². The third-order valence-corrected chi connectivity index (χ3v) is 7.72. The fourth-order valence-electron chi connectivity index (χ4n) is 4.49. The third kappa shape index (κ3) is 6.56. The summed E-state index contributed by atoms with van der Waals surface area (Å²) < 4.78 is 101. The van der Waals surface area contributed by atoms with E-state index in [0.29, 0.717) is 56.6 Å². The molecule has 8 nitrogen and oxygen atoms in total. The van der Waals surface area contributed by atoms with Gasteiger partial charge in [-0.3, -0.25) is 4.79 Å². The first kappa shape index (κ1) is 29.7. The summed E-state index contributed by atoms with van der Waals surface area (Å²) in [5, 5.41) is 0. The van der Waals surface area contributed by atoms with Gasteiger partial charge in [-0.25, -0.2) is 17.2 Å². The Labute approximate surface area is 218 Å². The SMILES string of the molecule is CCC(C)=C(N=C(OC)C(F)(F)F)N1CCC(N2CCC(Oc3cc(F)c(S(C)(=O)=O)cc3F)C2=O)CC1. The number of piperidine rings is 1. The molecule has 1 unspecified atom stereocenters. The molecule has 1 aromatic rings. The Hall–Kier alpha value is -2.90. The van der Waals surface area contributed by atoms with Gasteiger partial charge in [0, 0.05) is 44.4 Å². The Bertz CT molecular complexity index is 1220. The first-order chi connectivity index (χ1) is 17.7. The van der Waals surface area contributed by atoms with Crippen molar-refractivity contribution in [2.24, 2.45) is 4.99 Å². The van der Waals surface area contributed by atoms with Crippen molar-refractivity contribution in [1.29, 1.82) is 0 Å². The van der Waals surface area contributed by atoms with Crippen molar-refractivity contribution in [1.82, 2.24) is 9.80 Å². The predicted octanol–water partition coefficient (Wildman–Crippen LogP) is 4.06. The molecule has 0 bridgehead atoms. The summed E-state index contributed by atoms with van der Waals surface area (Å²) in [4.78, 5) is 19.3. The molecule has 0 aromatic heterocycles. The highest BCUT2D eigenvalue weighted by molar-refractivity contribution is 7.90. The first-order valence-corrected chi connectivity index (χ1v) is 13.9. The summed E-state index contributed by atoms with van der Waals surface area (Å²) >= 11 is 0. The molecule has 212 valence electrons. The lowest BCUT2D eigenvalue weighted by Gasteiger charge is -2.38. The van der Waals surface area contributed by atoms with Crippen molar-refractivity contribution in [3.8, 4) is 5.75 Å². The Morgan fingerprint density at radius 2 is 1.74 bits per heavy atom. The number of ether oxygens (including phenoxy) is 2. The number of carbonyl (C=O) groups excluding carboxylic acids is 1. The number of carbonyl (C=O) groups is 1. The number of hydrogen-bond donors (Lipinski definition) is 0. The van der Waals surface area contributed by atoms with Crippen LogP contribution >= 0.6 is 0 Å².